The minimum absolute atomic E-state index is 0.246. The molecular formula is C16H33NO2. The molecule has 0 spiro atoms. The molecule has 3 nitrogen and oxygen atoms in total. The number of ether oxygens (including phenoxy) is 2. The Kier molecular flexibility index (Phi) is 7.96. The first-order valence-corrected chi connectivity index (χ1v) is 7.84. The molecule has 0 aromatic rings. The maximum absolute atomic E-state index is 5.54. The zero-order valence-electron chi connectivity index (χ0n) is 13.3. The van der Waals surface area contributed by atoms with Crippen LogP contribution in [0.2, 0.25) is 0 Å². The van der Waals surface area contributed by atoms with Crippen molar-refractivity contribution in [1.29, 1.82) is 0 Å². The molecule has 0 heterocycles. The summed E-state index contributed by atoms with van der Waals surface area (Å²) < 4.78 is 10.5. The molecule has 3 heteroatoms. The smallest absolute Gasteiger partial charge is 0.0700 e. The monoisotopic (exact) mass is 271 g/mol. The second-order valence-corrected chi connectivity index (χ2v) is 6.83. The van der Waals surface area contributed by atoms with E-state index in [1.54, 1.807) is 7.11 Å². The Bertz CT molecular complexity index is 225. The van der Waals surface area contributed by atoms with E-state index in [-0.39, 0.29) is 5.54 Å². The molecule has 1 aliphatic rings. The topological polar surface area (TPSA) is 30.5 Å². The highest BCUT2D eigenvalue weighted by molar-refractivity contribution is 4.82. The van der Waals surface area contributed by atoms with Gasteiger partial charge in [-0.25, -0.2) is 0 Å². The summed E-state index contributed by atoms with van der Waals surface area (Å²) in [6.07, 6.45) is 6.74. The highest BCUT2D eigenvalue weighted by Gasteiger charge is 2.27. The van der Waals surface area contributed by atoms with Gasteiger partial charge in [0.05, 0.1) is 13.2 Å². The van der Waals surface area contributed by atoms with E-state index in [0.29, 0.717) is 6.61 Å². The van der Waals surface area contributed by atoms with Gasteiger partial charge in [0, 0.05) is 19.3 Å². The van der Waals surface area contributed by atoms with Crippen LogP contribution in [0.1, 0.15) is 52.9 Å². The fourth-order valence-corrected chi connectivity index (χ4v) is 2.89. The maximum atomic E-state index is 5.54. The average Bonchev–Trinajstić information content (AvgIpc) is 2.78. The van der Waals surface area contributed by atoms with Crippen molar-refractivity contribution in [2.75, 3.05) is 33.5 Å². The van der Waals surface area contributed by atoms with Gasteiger partial charge in [0.15, 0.2) is 0 Å². The molecule has 0 aromatic heterocycles. The first-order chi connectivity index (χ1) is 9.03. The summed E-state index contributed by atoms with van der Waals surface area (Å²) in [5.41, 5.74) is 0.246. The van der Waals surface area contributed by atoms with Crippen LogP contribution in [0.4, 0.5) is 0 Å². The van der Waals surface area contributed by atoms with Gasteiger partial charge >= 0.3 is 0 Å². The molecule has 2 atom stereocenters. The number of methoxy groups -OCH3 is 1. The Hall–Kier alpha value is -0.120. The van der Waals surface area contributed by atoms with Crippen molar-refractivity contribution in [3.8, 4) is 0 Å². The molecule has 1 saturated carbocycles. The van der Waals surface area contributed by atoms with Crippen molar-refractivity contribution in [3.05, 3.63) is 0 Å². The molecule has 0 amide bonds. The summed E-state index contributed by atoms with van der Waals surface area (Å²) in [5, 5.41) is 3.66. The van der Waals surface area contributed by atoms with Gasteiger partial charge in [-0.2, -0.15) is 0 Å². The average molecular weight is 271 g/mol. The highest BCUT2D eigenvalue weighted by Crippen LogP contribution is 2.34. The summed E-state index contributed by atoms with van der Waals surface area (Å²) in [6.45, 7) is 10.3. The number of rotatable bonds is 9. The van der Waals surface area contributed by atoms with Crippen LogP contribution in [0.3, 0.4) is 0 Å². The van der Waals surface area contributed by atoms with Crippen LogP contribution in [0, 0.1) is 11.8 Å². The third-order valence-electron chi connectivity index (χ3n) is 4.01. The van der Waals surface area contributed by atoms with Crippen molar-refractivity contribution in [3.63, 3.8) is 0 Å². The molecule has 0 aromatic carbocycles. The van der Waals surface area contributed by atoms with Gasteiger partial charge in [0.1, 0.15) is 0 Å². The lowest BCUT2D eigenvalue weighted by molar-refractivity contribution is 0.0664. The molecule has 19 heavy (non-hydrogen) atoms. The third kappa shape index (κ3) is 7.91. The summed E-state index contributed by atoms with van der Waals surface area (Å²) in [5.74, 6) is 1.78. The van der Waals surface area contributed by atoms with Crippen LogP contribution in [-0.4, -0.2) is 39.0 Å². The Morgan fingerprint density at radius 1 is 1.05 bits per heavy atom. The molecule has 0 radical (unpaired) electrons. The van der Waals surface area contributed by atoms with Gasteiger partial charge < -0.3 is 14.8 Å². The first-order valence-electron chi connectivity index (χ1n) is 7.84. The van der Waals surface area contributed by atoms with Crippen molar-refractivity contribution < 1.29 is 9.47 Å². The van der Waals surface area contributed by atoms with Gasteiger partial charge in [0.25, 0.3) is 0 Å². The number of hydrogen-bond acceptors (Lipinski definition) is 3. The van der Waals surface area contributed by atoms with Gasteiger partial charge in [-0.3, -0.25) is 0 Å². The Morgan fingerprint density at radius 3 is 2.47 bits per heavy atom. The molecular weight excluding hydrogens is 238 g/mol. The van der Waals surface area contributed by atoms with Crippen LogP contribution >= 0.6 is 0 Å². The largest absolute Gasteiger partial charge is 0.382 e. The van der Waals surface area contributed by atoms with Crippen LogP contribution in [-0.2, 0) is 9.47 Å². The predicted octanol–water partition coefficient (Wildman–Crippen LogP) is 3.23. The van der Waals surface area contributed by atoms with E-state index < -0.39 is 0 Å². The summed E-state index contributed by atoms with van der Waals surface area (Å²) in [7, 11) is 1.72. The van der Waals surface area contributed by atoms with E-state index >= 15 is 0 Å². The zero-order valence-corrected chi connectivity index (χ0v) is 13.3. The van der Waals surface area contributed by atoms with Crippen molar-refractivity contribution >= 4 is 0 Å². The quantitative estimate of drug-likeness (QED) is 0.653. The van der Waals surface area contributed by atoms with Crippen molar-refractivity contribution in [1.82, 2.24) is 5.32 Å². The second kappa shape index (κ2) is 8.93. The fourth-order valence-electron chi connectivity index (χ4n) is 2.89. The van der Waals surface area contributed by atoms with E-state index in [2.05, 4.69) is 26.1 Å². The van der Waals surface area contributed by atoms with Crippen LogP contribution in [0.15, 0.2) is 0 Å². The SMILES string of the molecule is COCCOCCCC1CCCC1CNC(C)(C)C. The molecule has 1 fully saturated rings. The summed E-state index contributed by atoms with van der Waals surface area (Å²) >= 11 is 0. The molecule has 114 valence electrons. The van der Waals surface area contributed by atoms with E-state index in [4.69, 9.17) is 9.47 Å². The fraction of sp³-hybridized carbons (Fsp3) is 1.00. The van der Waals surface area contributed by atoms with E-state index in [1.165, 1.54) is 38.6 Å². The van der Waals surface area contributed by atoms with E-state index in [9.17, 15) is 0 Å². The highest BCUT2D eigenvalue weighted by atomic mass is 16.5. The Labute approximate surface area is 119 Å². The third-order valence-corrected chi connectivity index (χ3v) is 4.01. The predicted molar refractivity (Wildman–Crippen MR) is 80.5 cm³/mol. The van der Waals surface area contributed by atoms with Gasteiger partial charge in [-0.1, -0.05) is 12.8 Å². The molecule has 0 bridgehead atoms. The van der Waals surface area contributed by atoms with Crippen LogP contribution in [0.5, 0.6) is 0 Å². The van der Waals surface area contributed by atoms with Crippen molar-refractivity contribution in [2.45, 2.75) is 58.4 Å². The van der Waals surface area contributed by atoms with Crippen molar-refractivity contribution in [2.24, 2.45) is 11.8 Å². The normalized spacial score (nSPS) is 24.0. The van der Waals surface area contributed by atoms with Crippen LogP contribution in [0.25, 0.3) is 0 Å². The van der Waals surface area contributed by atoms with E-state index in [1.807, 2.05) is 0 Å². The Balaban J connectivity index is 2.10. The molecule has 0 aliphatic heterocycles. The minimum atomic E-state index is 0.246. The minimum Gasteiger partial charge on any atom is -0.382 e. The maximum Gasteiger partial charge on any atom is 0.0700 e. The molecule has 1 aliphatic carbocycles. The van der Waals surface area contributed by atoms with Crippen LogP contribution < -0.4 is 5.32 Å². The van der Waals surface area contributed by atoms with Gasteiger partial charge in [-0.15, -0.1) is 0 Å². The standard InChI is InChI=1S/C16H33NO2/c1-16(2,3)17-13-15-8-5-7-14(15)9-6-10-19-12-11-18-4/h14-15,17H,5-13H2,1-4H3. The second-order valence-electron chi connectivity index (χ2n) is 6.83. The lowest BCUT2D eigenvalue weighted by atomic mass is 9.91. The molecule has 1 rings (SSSR count). The number of nitrogens with one attached hydrogen (secondary N) is 1. The molecule has 0 saturated heterocycles. The first kappa shape index (κ1) is 16.9. The molecule has 2 unspecified atom stereocenters. The Morgan fingerprint density at radius 2 is 1.79 bits per heavy atom. The molecule has 1 N–H and O–H groups in total. The van der Waals surface area contributed by atoms with Gasteiger partial charge in [-0.05, 0) is 58.4 Å². The summed E-state index contributed by atoms with van der Waals surface area (Å²) in [4.78, 5) is 0. The lowest BCUT2D eigenvalue weighted by Gasteiger charge is -2.26. The van der Waals surface area contributed by atoms with E-state index in [0.717, 1.165) is 25.0 Å². The van der Waals surface area contributed by atoms with Gasteiger partial charge in [0.2, 0.25) is 0 Å². The lowest BCUT2D eigenvalue weighted by Crippen LogP contribution is -2.39. The zero-order chi connectivity index (χ0) is 14.1. The number of hydrogen-bond donors (Lipinski definition) is 1. The summed E-state index contributed by atoms with van der Waals surface area (Å²) in [6, 6.07) is 0.